The first-order valence-electron chi connectivity index (χ1n) is 7.21. The number of hydrogen-bond donors (Lipinski definition) is 0. The largest absolute Gasteiger partial charge is 0.371 e. The van der Waals surface area contributed by atoms with E-state index < -0.39 is 10.0 Å². The molecular weight excluding hydrogens is 322 g/mol. The predicted molar refractivity (Wildman–Crippen MR) is 84.4 cm³/mol. The number of thiophene rings is 1. The Morgan fingerprint density at radius 2 is 2.27 bits per heavy atom. The molecular formula is C14H19N3O3S2. The van der Waals surface area contributed by atoms with Crippen molar-refractivity contribution >= 4 is 21.4 Å². The third-order valence-electron chi connectivity index (χ3n) is 3.69. The summed E-state index contributed by atoms with van der Waals surface area (Å²) in [5.41, 5.74) is 0.920. The van der Waals surface area contributed by atoms with Gasteiger partial charge in [0, 0.05) is 36.3 Å². The number of rotatable bonds is 4. The number of hydrogen-bond acceptors (Lipinski definition) is 5. The average Bonchev–Trinajstić information content (AvgIpc) is 3.16. The van der Waals surface area contributed by atoms with Gasteiger partial charge in [0.1, 0.15) is 4.21 Å². The molecule has 0 radical (unpaired) electrons. The van der Waals surface area contributed by atoms with Gasteiger partial charge >= 0.3 is 0 Å². The molecule has 0 bridgehead atoms. The first-order chi connectivity index (χ1) is 10.5. The first kappa shape index (κ1) is 15.7. The summed E-state index contributed by atoms with van der Waals surface area (Å²) in [5, 5.41) is 4.23. The maximum atomic E-state index is 12.7. The van der Waals surface area contributed by atoms with E-state index in [0.29, 0.717) is 23.9 Å². The molecule has 2 aromatic rings. The molecule has 1 aliphatic rings. The van der Waals surface area contributed by atoms with Crippen molar-refractivity contribution in [1.29, 1.82) is 0 Å². The van der Waals surface area contributed by atoms with Gasteiger partial charge in [0.05, 0.1) is 18.9 Å². The lowest BCUT2D eigenvalue weighted by Crippen LogP contribution is -2.41. The summed E-state index contributed by atoms with van der Waals surface area (Å²) in [6.45, 7) is 5.81. The molecule has 0 N–H and O–H groups in total. The molecule has 22 heavy (non-hydrogen) atoms. The van der Waals surface area contributed by atoms with E-state index in [-0.39, 0.29) is 6.10 Å². The van der Waals surface area contributed by atoms with Crippen LogP contribution in [0.3, 0.4) is 0 Å². The summed E-state index contributed by atoms with van der Waals surface area (Å²) >= 11 is 1.31. The lowest BCUT2D eigenvalue weighted by Gasteiger charge is -2.31. The van der Waals surface area contributed by atoms with Crippen molar-refractivity contribution in [3.05, 3.63) is 35.0 Å². The molecule has 1 atom stereocenters. The number of morpholine rings is 1. The van der Waals surface area contributed by atoms with Gasteiger partial charge in [0.15, 0.2) is 0 Å². The van der Waals surface area contributed by atoms with Crippen molar-refractivity contribution in [3.63, 3.8) is 0 Å². The van der Waals surface area contributed by atoms with Gasteiger partial charge in [-0.2, -0.15) is 9.40 Å². The van der Waals surface area contributed by atoms with E-state index in [1.807, 2.05) is 30.8 Å². The second kappa shape index (κ2) is 6.11. The van der Waals surface area contributed by atoms with E-state index in [2.05, 4.69) is 5.10 Å². The number of ether oxygens (including phenoxy) is 1. The first-order valence-corrected chi connectivity index (χ1v) is 9.47. The summed E-state index contributed by atoms with van der Waals surface area (Å²) in [7, 11) is -3.44. The lowest BCUT2D eigenvalue weighted by atomic mass is 10.2. The van der Waals surface area contributed by atoms with Crippen molar-refractivity contribution in [3.8, 4) is 0 Å². The van der Waals surface area contributed by atoms with E-state index in [0.717, 1.165) is 17.0 Å². The minimum atomic E-state index is -3.44. The van der Waals surface area contributed by atoms with Gasteiger partial charge in [-0.25, -0.2) is 8.42 Å². The summed E-state index contributed by atoms with van der Waals surface area (Å²) in [6.07, 6.45) is 3.40. The summed E-state index contributed by atoms with van der Waals surface area (Å²) in [4.78, 5) is 0.993. The minimum absolute atomic E-state index is 0.259. The maximum Gasteiger partial charge on any atom is 0.252 e. The van der Waals surface area contributed by atoms with Crippen molar-refractivity contribution < 1.29 is 13.2 Å². The van der Waals surface area contributed by atoms with E-state index in [4.69, 9.17) is 4.74 Å². The van der Waals surface area contributed by atoms with Crippen molar-refractivity contribution in [2.45, 2.75) is 30.7 Å². The Balaban J connectivity index is 1.80. The molecule has 0 unspecified atom stereocenters. The molecule has 8 heteroatoms. The Labute approximate surface area is 134 Å². The van der Waals surface area contributed by atoms with E-state index in [1.54, 1.807) is 12.3 Å². The molecule has 6 nitrogen and oxygen atoms in total. The molecule has 3 rings (SSSR count). The van der Waals surface area contributed by atoms with E-state index >= 15 is 0 Å². The van der Waals surface area contributed by atoms with Crippen LogP contribution in [0.1, 0.15) is 23.5 Å². The summed E-state index contributed by atoms with van der Waals surface area (Å²) in [5.74, 6) is 0. The van der Waals surface area contributed by atoms with Crippen LogP contribution in [0.2, 0.25) is 0 Å². The van der Waals surface area contributed by atoms with Crippen molar-refractivity contribution in [1.82, 2.24) is 14.1 Å². The maximum absolute atomic E-state index is 12.7. The molecule has 1 aliphatic heterocycles. The topological polar surface area (TPSA) is 64.4 Å². The van der Waals surface area contributed by atoms with Gasteiger partial charge in [-0.05, 0) is 26.0 Å². The Morgan fingerprint density at radius 1 is 1.45 bits per heavy atom. The number of nitrogens with zero attached hydrogens (tertiary/aromatic N) is 3. The highest BCUT2D eigenvalue weighted by atomic mass is 32.2. The summed E-state index contributed by atoms with van der Waals surface area (Å²) < 4.78 is 34.9. The normalized spacial score (nSPS) is 20.4. The van der Waals surface area contributed by atoms with Gasteiger partial charge in [-0.15, -0.1) is 11.3 Å². The predicted octanol–water partition coefficient (Wildman–Crippen LogP) is 2.04. The van der Waals surface area contributed by atoms with Crippen molar-refractivity contribution in [2.24, 2.45) is 0 Å². The van der Waals surface area contributed by atoms with Gasteiger partial charge < -0.3 is 4.74 Å². The van der Waals surface area contributed by atoms with Crippen LogP contribution in [0.4, 0.5) is 0 Å². The van der Waals surface area contributed by atoms with Gasteiger partial charge in [-0.3, -0.25) is 4.68 Å². The van der Waals surface area contributed by atoms with Gasteiger partial charge in [0.25, 0.3) is 10.0 Å². The molecule has 120 valence electrons. The highest BCUT2D eigenvalue weighted by Gasteiger charge is 2.32. The molecule has 0 spiro atoms. The monoisotopic (exact) mass is 341 g/mol. The van der Waals surface area contributed by atoms with Crippen LogP contribution in [0, 0.1) is 6.92 Å². The Kier molecular flexibility index (Phi) is 4.35. The minimum Gasteiger partial charge on any atom is -0.371 e. The molecule has 0 saturated carbocycles. The van der Waals surface area contributed by atoms with Crippen LogP contribution in [0.25, 0.3) is 0 Å². The van der Waals surface area contributed by atoms with E-state index in [1.165, 1.54) is 15.6 Å². The Bertz CT molecular complexity index is 751. The third-order valence-corrected chi connectivity index (χ3v) is 7.02. The lowest BCUT2D eigenvalue weighted by molar-refractivity contribution is -0.00254. The van der Waals surface area contributed by atoms with Gasteiger partial charge in [-0.1, -0.05) is 0 Å². The van der Waals surface area contributed by atoms with E-state index in [9.17, 15) is 8.42 Å². The third kappa shape index (κ3) is 2.96. The van der Waals surface area contributed by atoms with Crippen LogP contribution >= 0.6 is 11.3 Å². The van der Waals surface area contributed by atoms with Crippen LogP contribution < -0.4 is 0 Å². The second-order valence-corrected chi connectivity index (χ2v) is 8.67. The molecule has 3 heterocycles. The molecule has 0 aromatic carbocycles. The highest BCUT2D eigenvalue weighted by molar-refractivity contribution is 7.91. The van der Waals surface area contributed by atoms with Crippen LogP contribution in [0.5, 0.6) is 0 Å². The fourth-order valence-electron chi connectivity index (χ4n) is 2.44. The van der Waals surface area contributed by atoms with Crippen LogP contribution in [-0.2, 0) is 21.3 Å². The second-order valence-electron chi connectivity index (χ2n) is 5.22. The Hall–Kier alpha value is -1.22. The number of sulfonamides is 1. The van der Waals surface area contributed by atoms with Crippen LogP contribution in [0.15, 0.2) is 28.7 Å². The zero-order chi connectivity index (χ0) is 15.7. The summed E-state index contributed by atoms with van der Waals surface area (Å²) in [6, 6.07) is 3.51. The number of aromatic nitrogens is 2. The molecule has 1 saturated heterocycles. The highest BCUT2D eigenvalue weighted by Crippen LogP contribution is 2.29. The average molecular weight is 341 g/mol. The zero-order valence-electron chi connectivity index (χ0n) is 12.6. The Morgan fingerprint density at radius 3 is 2.91 bits per heavy atom. The standard InChI is InChI=1S/C14H19N3O3S2/c1-3-16-9-12(8-15-16)13-10-17(6-7-20-13)22(18,19)14-5-4-11(2)21-14/h4-5,8-9,13H,3,6-7,10H2,1-2H3/t13-/m1/s1. The smallest absolute Gasteiger partial charge is 0.252 e. The number of aryl methyl sites for hydroxylation is 2. The SMILES string of the molecule is CCn1cc([C@H]2CN(S(=O)(=O)c3ccc(C)s3)CCO2)cn1. The molecule has 0 amide bonds. The molecule has 2 aromatic heterocycles. The molecule has 0 aliphatic carbocycles. The fourth-order valence-corrected chi connectivity index (χ4v) is 5.30. The van der Waals surface area contributed by atoms with Gasteiger partial charge in [0.2, 0.25) is 0 Å². The molecule has 1 fully saturated rings. The van der Waals surface area contributed by atoms with Crippen LogP contribution in [-0.4, -0.2) is 42.2 Å². The quantitative estimate of drug-likeness (QED) is 0.854. The zero-order valence-corrected chi connectivity index (χ0v) is 14.2. The van der Waals surface area contributed by atoms with Crippen molar-refractivity contribution in [2.75, 3.05) is 19.7 Å². The fraction of sp³-hybridized carbons (Fsp3) is 0.500.